The Morgan fingerprint density at radius 1 is 1.53 bits per heavy atom. The highest BCUT2D eigenvalue weighted by atomic mass is 16.5. The number of carbonyl (C=O) groups excluding carboxylic acids is 1. The van der Waals surface area contributed by atoms with Crippen LogP contribution >= 0.6 is 0 Å². The van der Waals surface area contributed by atoms with Gasteiger partial charge >= 0.3 is 0 Å². The topological polar surface area (TPSA) is 55.6 Å². The molecule has 0 aromatic rings. The van der Waals surface area contributed by atoms with Crippen molar-refractivity contribution in [1.29, 1.82) is 0 Å². The number of nitrogens with zero attached hydrogens (tertiary/aromatic N) is 1. The van der Waals surface area contributed by atoms with E-state index in [4.69, 9.17) is 10.5 Å². The number of nitrogens with two attached hydrogens (primary N) is 1. The van der Waals surface area contributed by atoms with Crippen LogP contribution in [0.2, 0.25) is 0 Å². The molecule has 0 spiro atoms. The van der Waals surface area contributed by atoms with Crippen molar-refractivity contribution < 1.29 is 9.53 Å². The zero-order valence-electron chi connectivity index (χ0n) is 9.53. The molecule has 2 aliphatic rings. The predicted molar refractivity (Wildman–Crippen MR) is 57.3 cm³/mol. The largest absolute Gasteiger partial charge is 0.381 e. The van der Waals surface area contributed by atoms with Crippen LogP contribution in [-0.4, -0.2) is 43.2 Å². The van der Waals surface area contributed by atoms with Crippen molar-refractivity contribution in [3.05, 3.63) is 0 Å². The maximum Gasteiger partial charge on any atom is 0.228 e. The molecule has 1 amide bonds. The number of hydrogen-bond acceptors (Lipinski definition) is 3. The highest BCUT2D eigenvalue weighted by Gasteiger charge is 2.41. The lowest BCUT2D eigenvalue weighted by molar-refractivity contribution is -0.134. The summed E-state index contributed by atoms with van der Waals surface area (Å²) in [5.74, 6) is 0.305. The van der Waals surface area contributed by atoms with E-state index in [0.29, 0.717) is 13.2 Å². The minimum Gasteiger partial charge on any atom is -0.381 e. The summed E-state index contributed by atoms with van der Waals surface area (Å²) in [4.78, 5) is 14.0. The zero-order chi connectivity index (χ0) is 11.1. The molecule has 2 unspecified atom stereocenters. The van der Waals surface area contributed by atoms with Crippen LogP contribution in [0.1, 0.15) is 20.3 Å². The van der Waals surface area contributed by atoms with Crippen molar-refractivity contribution in [2.45, 2.75) is 26.3 Å². The van der Waals surface area contributed by atoms with Crippen molar-refractivity contribution in [3.63, 3.8) is 0 Å². The normalized spacial score (nSPS) is 34.7. The summed E-state index contributed by atoms with van der Waals surface area (Å²) in [6.07, 6.45) is 0.866. The smallest absolute Gasteiger partial charge is 0.228 e. The number of hydrogen-bond donors (Lipinski definition) is 1. The second kappa shape index (κ2) is 3.76. The third kappa shape index (κ3) is 2.01. The lowest BCUT2D eigenvalue weighted by Gasteiger charge is -2.22. The van der Waals surface area contributed by atoms with Gasteiger partial charge in [-0.3, -0.25) is 4.79 Å². The van der Waals surface area contributed by atoms with Gasteiger partial charge in [-0.15, -0.1) is 0 Å². The van der Waals surface area contributed by atoms with Crippen molar-refractivity contribution in [2.75, 3.05) is 26.3 Å². The Hall–Kier alpha value is -0.610. The van der Waals surface area contributed by atoms with Gasteiger partial charge in [0.05, 0.1) is 12.5 Å². The van der Waals surface area contributed by atoms with Crippen LogP contribution in [0.4, 0.5) is 0 Å². The van der Waals surface area contributed by atoms with E-state index >= 15 is 0 Å². The van der Waals surface area contributed by atoms with Gasteiger partial charge < -0.3 is 15.4 Å². The van der Waals surface area contributed by atoms with Gasteiger partial charge in [0.15, 0.2) is 0 Å². The Labute approximate surface area is 90.8 Å². The summed E-state index contributed by atoms with van der Waals surface area (Å²) < 4.78 is 5.24. The number of likely N-dealkylation sites (tertiary alicyclic amines) is 1. The molecule has 2 fully saturated rings. The Morgan fingerprint density at radius 3 is 2.73 bits per heavy atom. The first-order valence-electron chi connectivity index (χ1n) is 5.63. The summed E-state index contributed by atoms with van der Waals surface area (Å²) in [6, 6.07) is 0.101. The van der Waals surface area contributed by atoms with Gasteiger partial charge in [-0.05, 0) is 11.8 Å². The highest BCUT2D eigenvalue weighted by Crippen LogP contribution is 2.30. The van der Waals surface area contributed by atoms with E-state index in [0.717, 1.165) is 19.6 Å². The molecule has 4 nitrogen and oxygen atoms in total. The Balaban J connectivity index is 1.98. The Bertz CT molecular complexity index is 259. The first-order chi connectivity index (χ1) is 7.00. The summed E-state index contributed by atoms with van der Waals surface area (Å²) >= 11 is 0. The molecule has 0 aromatic carbocycles. The van der Waals surface area contributed by atoms with Gasteiger partial charge in [-0.25, -0.2) is 0 Å². The van der Waals surface area contributed by atoms with Crippen molar-refractivity contribution in [3.8, 4) is 0 Å². The van der Waals surface area contributed by atoms with Gasteiger partial charge in [-0.2, -0.15) is 0 Å². The third-order valence-electron chi connectivity index (χ3n) is 3.61. The standard InChI is InChI=1S/C11H20N2O2/c1-11(2)7-13(5-9(11)12)10(14)8-3-4-15-6-8/h8-9H,3-7,12H2,1-2H3. The van der Waals surface area contributed by atoms with Gasteiger partial charge in [0.25, 0.3) is 0 Å². The average Bonchev–Trinajstić information content (AvgIpc) is 2.74. The number of carbonyl (C=O) groups is 1. The first kappa shape index (κ1) is 10.9. The van der Waals surface area contributed by atoms with E-state index in [1.165, 1.54) is 0 Å². The van der Waals surface area contributed by atoms with E-state index in [1.807, 2.05) is 4.90 Å². The molecule has 0 saturated carbocycles. The van der Waals surface area contributed by atoms with Crippen LogP contribution in [0.25, 0.3) is 0 Å². The van der Waals surface area contributed by atoms with Crippen LogP contribution in [-0.2, 0) is 9.53 Å². The number of amides is 1. The fourth-order valence-corrected chi connectivity index (χ4v) is 2.31. The lowest BCUT2D eigenvalue weighted by atomic mass is 9.89. The molecule has 2 N–H and O–H groups in total. The van der Waals surface area contributed by atoms with Gasteiger partial charge in [0.1, 0.15) is 0 Å². The van der Waals surface area contributed by atoms with Gasteiger partial charge in [0, 0.05) is 25.7 Å². The SMILES string of the molecule is CC1(C)CN(C(=O)C2CCOC2)CC1N. The summed E-state index contributed by atoms with van der Waals surface area (Å²) in [7, 11) is 0. The molecular formula is C11H20N2O2. The monoisotopic (exact) mass is 212 g/mol. The van der Waals surface area contributed by atoms with Gasteiger partial charge in [0.2, 0.25) is 5.91 Å². The number of rotatable bonds is 1. The maximum atomic E-state index is 12.1. The van der Waals surface area contributed by atoms with Crippen molar-refractivity contribution >= 4 is 5.91 Å². The molecule has 0 radical (unpaired) electrons. The molecular weight excluding hydrogens is 192 g/mol. The first-order valence-corrected chi connectivity index (χ1v) is 5.63. The van der Waals surface area contributed by atoms with Crippen LogP contribution in [0.5, 0.6) is 0 Å². The minimum absolute atomic E-state index is 0.0507. The fourth-order valence-electron chi connectivity index (χ4n) is 2.31. The summed E-state index contributed by atoms with van der Waals surface area (Å²) in [5, 5.41) is 0. The van der Waals surface area contributed by atoms with Crippen molar-refractivity contribution in [2.24, 2.45) is 17.1 Å². The maximum absolute atomic E-state index is 12.1. The average molecular weight is 212 g/mol. The molecule has 0 aliphatic carbocycles. The molecule has 0 bridgehead atoms. The van der Waals surface area contributed by atoms with Crippen LogP contribution in [0, 0.1) is 11.3 Å². The van der Waals surface area contributed by atoms with Crippen LogP contribution in [0.3, 0.4) is 0 Å². The molecule has 4 heteroatoms. The minimum atomic E-state index is 0.0507. The summed E-state index contributed by atoms with van der Waals surface area (Å²) in [5.41, 5.74) is 6.06. The van der Waals surface area contributed by atoms with E-state index in [-0.39, 0.29) is 23.3 Å². The van der Waals surface area contributed by atoms with Gasteiger partial charge in [-0.1, -0.05) is 13.8 Å². The summed E-state index contributed by atoms with van der Waals surface area (Å²) in [6.45, 7) is 7.03. The molecule has 0 aromatic heterocycles. The fraction of sp³-hybridized carbons (Fsp3) is 0.909. The van der Waals surface area contributed by atoms with E-state index in [1.54, 1.807) is 0 Å². The zero-order valence-corrected chi connectivity index (χ0v) is 9.53. The second-order valence-corrected chi connectivity index (χ2v) is 5.37. The molecule has 2 aliphatic heterocycles. The predicted octanol–water partition coefficient (Wildman–Crippen LogP) is 0.219. The van der Waals surface area contributed by atoms with Crippen LogP contribution < -0.4 is 5.73 Å². The molecule has 86 valence electrons. The quantitative estimate of drug-likeness (QED) is 0.676. The van der Waals surface area contributed by atoms with Crippen molar-refractivity contribution in [1.82, 2.24) is 4.90 Å². The second-order valence-electron chi connectivity index (χ2n) is 5.37. The Kier molecular flexibility index (Phi) is 2.73. The highest BCUT2D eigenvalue weighted by molar-refractivity contribution is 5.79. The molecule has 2 saturated heterocycles. The molecule has 2 heterocycles. The third-order valence-corrected chi connectivity index (χ3v) is 3.61. The molecule has 2 rings (SSSR count). The molecule has 2 atom stereocenters. The molecule has 15 heavy (non-hydrogen) atoms. The van der Waals surface area contributed by atoms with E-state index < -0.39 is 0 Å². The lowest BCUT2D eigenvalue weighted by Crippen LogP contribution is -2.36. The van der Waals surface area contributed by atoms with Crippen LogP contribution in [0.15, 0.2) is 0 Å². The number of ether oxygens (including phenoxy) is 1. The van der Waals surface area contributed by atoms with E-state index in [9.17, 15) is 4.79 Å². The Morgan fingerprint density at radius 2 is 2.27 bits per heavy atom. The van der Waals surface area contributed by atoms with E-state index in [2.05, 4.69) is 13.8 Å².